The van der Waals surface area contributed by atoms with E-state index in [2.05, 4.69) is 5.32 Å². The maximum absolute atomic E-state index is 12.5. The average Bonchev–Trinajstić information content (AvgIpc) is 2.54. The second-order valence-corrected chi connectivity index (χ2v) is 4.82. The molecule has 0 fully saturated rings. The van der Waals surface area contributed by atoms with Gasteiger partial charge in [-0.15, -0.1) is 0 Å². The monoisotopic (exact) mass is 298 g/mol. The Balaban J connectivity index is 1.88. The van der Waals surface area contributed by atoms with Crippen LogP contribution in [0.3, 0.4) is 0 Å². The van der Waals surface area contributed by atoms with Gasteiger partial charge in [-0.25, -0.2) is 9.59 Å². The van der Waals surface area contributed by atoms with E-state index in [4.69, 9.17) is 9.84 Å². The molecule has 0 saturated heterocycles. The molecule has 1 aliphatic heterocycles. The van der Waals surface area contributed by atoms with Crippen molar-refractivity contribution in [1.29, 1.82) is 0 Å². The number of aliphatic carboxylic acids is 1. The summed E-state index contributed by atoms with van der Waals surface area (Å²) in [6, 6.07) is 15.5. The Morgan fingerprint density at radius 3 is 2.50 bits per heavy atom. The first-order valence-electron chi connectivity index (χ1n) is 6.77. The number of para-hydroxylation sites is 3. The third-order valence-corrected chi connectivity index (χ3v) is 3.32. The Morgan fingerprint density at radius 1 is 1.09 bits per heavy atom. The number of anilines is 2. The maximum atomic E-state index is 12.5. The van der Waals surface area contributed by atoms with E-state index in [9.17, 15) is 9.59 Å². The van der Waals surface area contributed by atoms with Gasteiger partial charge in [0.05, 0.1) is 12.2 Å². The van der Waals surface area contributed by atoms with Gasteiger partial charge in [-0.05, 0) is 24.3 Å². The van der Waals surface area contributed by atoms with Crippen molar-refractivity contribution < 1.29 is 19.4 Å². The minimum Gasteiger partial charge on any atom is -0.478 e. The van der Waals surface area contributed by atoms with Gasteiger partial charge in [0.25, 0.3) is 0 Å². The van der Waals surface area contributed by atoms with E-state index in [0.29, 0.717) is 17.1 Å². The number of rotatable bonds is 2. The number of carboxylic acids is 1. The number of ether oxygens (including phenoxy) is 1. The molecule has 1 heterocycles. The summed E-state index contributed by atoms with van der Waals surface area (Å²) in [6.07, 6.45) is -1.09. The molecule has 112 valence electrons. The molecule has 2 aromatic carbocycles. The first kappa shape index (κ1) is 13.9. The summed E-state index contributed by atoms with van der Waals surface area (Å²) in [6.45, 7) is -0.0506. The fourth-order valence-electron chi connectivity index (χ4n) is 2.27. The van der Waals surface area contributed by atoms with Crippen LogP contribution in [0.4, 0.5) is 16.2 Å². The van der Waals surface area contributed by atoms with Crippen molar-refractivity contribution in [1.82, 2.24) is 0 Å². The van der Waals surface area contributed by atoms with Gasteiger partial charge < -0.3 is 15.2 Å². The van der Waals surface area contributed by atoms with Gasteiger partial charge in [0.1, 0.15) is 5.75 Å². The van der Waals surface area contributed by atoms with Crippen LogP contribution in [0.5, 0.6) is 5.75 Å². The van der Waals surface area contributed by atoms with Gasteiger partial charge in [0.15, 0.2) is 0 Å². The van der Waals surface area contributed by atoms with Crippen LogP contribution in [0, 0.1) is 0 Å². The molecule has 2 aromatic rings. The van der Waals surface area contributed by atoms with Gasteiger partial charge >= 0.3 is 12.0 Å². The minimum atomic E-state index is -1.10. The molecule has 3 rings (SSSR count). The Kier molecular flexibility index (Phi) is 3.65. The molecule has 6 nitrogen and oxygen atoms in total. The molecule has 1 atom stereocenters. The molecular weight excluding hydrogens is 284 g/mol. The molecule has 6 heteroatoms. The van der Waals surface area contributed by atoms with Crippen LogP contribution in [0.1, 0.15) is 0 Å². The molecule has 0 radical (unpaired) electrons. The number of urea groups is 1. The van der Waals surface area contributed by atoms with Crippen molar-refractivity contribution in [2.24, 2.45) is 0 Å². The average molecular weight is 298 g/mol. The van der Waals surface area contributed by atoms with E-state index in [1.807, 2.05) is 18.2 Å². The molecular formula is C16H14N2O4. The highest BCUT2D eigenvalue weighted by Crippen LogP contribution is 2.33. The number of carbonyl (C=O) groups excluding carboxylic acids is 1. The zero-order valence-electron chi connectivity index (χ0n) is 11.6. The Morgan fingerprint density at radius 2 is 1.77 bits per heavy atom. The van der Waals surface area contributed by atoms with Crippen molar-refractivity contribution in [3.63, 3.8) is 0 Å². The van der Waals surface area contributed by atoms with Gasteiger partial charge in [-0.3, -0.25) is 4.90 Å². The zero-order valence-corrected chi connectivity index (χ0v) is 11.6. The number of amides is 2. The first-order valence-corrected chi connectivity index (χ1v) is 6.77. The minimum absolute atomic E-state index is 0.0506. The third-order valence-electron chi connectivity index (χ3n) is 3.32. The molecule has 2 amide bonds. The molecule has 1 aliphatic rings. The summed E-state index contributed by atoms with van der Waals surface area (Å²) in [7, 11) is 0. The van der Waals surface area contributed by atoms with Crippen LogP contribution >= 0.6 is 0 Å². The van der Waals surface area contributed by atoms with E-state index < -0.39 is 18.1 Å². The van der Waals surface area contributed by atoms with E-state index in [-0.39, 0.29) is 6.54 Å². The zero-order chi connectivity index (χ0) is 15.5. The molecule has 0 aliphatic carbocycles. The van der Waals surface area contributed by atoms with Crippen molar-refractivity contribution in [2.45, 2.75) is 6.10 Å². The number of fused-ring (bicyclic) bond motifs is 1. The molecule has 0 bridgehead atoms. The summed E-state index contributed by atoms with van der Waals surface area (Å²) in [5.74, 6) is -0.726. The highest BCUT2D eigenvalue weighted by molar-refractivity contribution is 6.03. The molecule has 0 spiro atoms. The van der Waals surface area contributed by atoms with Gasteiger partial charge in [-0.1, -0.05) is 30.3 Å². The number of hydrogen-bond acceptors (Lipinski definition) is 3. The van der Waals surface area contributed by atoms with Gasteiger partial charge in [-0.2, -0.15) is 0 Å². The Hall–Kier alpha value is -3.02. The number of carboxylic acid groups (broad SMARTS) is 1. The summed E-state index contributed by atoms with van der Waals surface area (Å²) in [4.78, 5) is 25.1. The van der Waals surface area contributed by atoms with Crippen LogP contribution in [0.15, 0.2) is 54.6 Å². The predicted molar refractivity (Wildman–Crippen MR) is 81.3 cm³/mol. The normalized spacial score (nSPS) is 16.4. The highest BCUT2D eigenvalue weighted by atomic mass is 16.5. The Labute approximate surface area is 126 Å². The predicted octanol–water partition coefficient (Wildman–Crippen LogP) is 2.57. The largest absolute Gasteiger partial charge is 0.478 e. The molecule has 0 unspecified atom stereocenters. The molecule has 2 N–H and O–H groups in total. The summed E-state index contributed by atoms with van der Waals surface area (Å²) in [5, 5.41) is 11.9. The standard InChI is InChI=1S/C16H14N2O4/c19-15(20)14-10-18(12-8-4-5-9-13(12)22-14)16(21)17-11-6-2-1-3-7-11/h1-9,14H,10H2,(H,17,21)(H,19,20)/t14-/m1/s1. The van der Waals surface area contributed by atoms with E-state index >= 15 is 0 Å². The smallest absolute Gasteiger partial charge is 0.346 e. The van der Waals surface area contributed by atoms with Gasteiger partial charge in [0.2, 0.25) is 6.10 Å². The lowest BCUT2D eigenvalue weighted by Gasteiger charge is -2.33. The first-order chi connectivity index (χ1) is 10.6. The van der Waals surface area contributed by atoms with E-state index in [1.54, 1.807) is 36.4 Å². The fraction of sp³-hybridized carbons (Fsp3) is 0.125. The number of nitrogens with zero attached hydrogens (tertiary/aromatic N) is 1. The van der Waals surface area contributed by atoms with Crippen LogP contribution in [0.25, 0.3) is 0 Å². The lowest BCUT2D eigenvalue weighted by molar-refractivity contribution is -0.144. The van der Waals surface area contributed by atoms with E-state index in [0.717, 1.165) is 0 Å². The van der Waals surface area contributed by atoms with Gasteiger partial charge in [0, 0.05) is 5.69 Å². The van der Waals surface area contributed by atoms with Crippen molar-refractivity contribution in [3.8, 4) is 5.75 Å². The van der Waals surface area contributed by atoms with Crippen molar-refractivity contribution in [2.75, 3.05) is 16.8 Å². The van der Waals surface area contributed by atoms with Crippen LogP contribution in [0.2, 0.25) is 0 Å². The quantitative estimate of drug-likeness (QED) is 0.893. The number of carbonyl (C=O) groups is 2. The SMILES string of the molecule is O=C(O)[C@H]1CN(C(=O)Nc2ccccc2)c2ccccc2O1. The highest BCUT2D eigenvalue weighted by Gasteiger charge is 2.33. The second kappa shape index (κ2) is 5.77. The van der Waals surface area contributed by atoms with Crippen molar-refractivity contribution >= 4 is 23.4 Å². The fourth-order valence-corrected chi connectivity index (χ4v) is 2.27. The van der Waals surface area contributed by atoms with Crippen molar-refractivity contribution in [3.05, 3.63) is 54.6 Å². The van der Waals surface area contributed by atoms with E-state index in [1.165, 1.54) is 4.90 Å². The number of nitrogens with one attached hydrogen (secondary N) is 1. The molecule has 0 saturated carbocycles. The maximum Gasteiger partial charge on any atom is 0.346 e. The lowest BCUT2D eigenvalue weighted by atomic mass is 10.2. The topological polar surface area (TPSA) is 78.9 Å². The van der Waals surface area contributed by atoms with Crippen LogP contribution in [-0.4, -0.2) is 29.8 Å². The Bertz CT molecular complexity index is 702. The van der Waals surface area contributed by atoms with Crippen LogP contribution in [-0.2, 0) is 4.79 Å². The summed E-state index contributed by atoms with van der Waals surface area (Å²) >= 11 is 0. The van der Waals surface area contributed by atoms with Crippen LogP contribution < -0.4 is 15.0 Å². The molecule has 0 aromatic heterocycles. The third kappa shape index (κ3) is 2.71. The summed E-state index contributed by atoms with van der Waals surface area (Å²) < 4.78 is 5.40. The number of hydrogen-bond donors (Lipinski definition) is 2. The summed E-state index contributed by atoms with van der Waals surface area (Å²) in [5.41, 5.74) is 1.19. The second-order valence-electron chi connectivity index (χ2n) is 4.82. The number of benzene rings is 2. The molecule has 22 heavy (non-hydrogen) atoms. The lowest BCUT2D eigenvalue weighted by Crippen LogP contribution is -2.48.